The molecule has 2 atom stereocenters. The Hall–Kier alpha value is -0.650. The molecule has 2 rings (SSSR count). The predicted molar refractivity (Wildman–Crippen MR) is 73.0 cm³/mol. The molecule has 5 nitrogen and oxygen atoms in total. The van der Waals surface area contributed by atoms with Crippen molar-refractivity contribution in [1.29, 1.82) is 5.41 Å². The topological polar surface area (TPSA) is 65.6 Å². The van der Waals surface area contributed by atoms with Crippen molar-refractivity contribution in [2.24, 2.45) is 5.73 Å². The van der Waals surface area contributed by atoms with Crippen LogP contribution in [0.2, 0.25) is 0 Å². The zero-order chi connectivity index (χ0) is 13.0. The van der Waals surface area contributed by atoms with Gasteiger partial charge in [-0.15, -0.1) is 0 Å². The molecule has 2 aliphatic heterocycles. The lowest BCUT2D eigenvalue weighted by atomic mass is 10.2. The molecule has 2 unspecified atom stereocenters. The summed E-state index contributed by atoms with van der Waals surface area (Å²) < 4.78 is 5.55. The largest absolute Gasteiger partial charge is 0.385 e. The highest BCUT2D eigenvalue weighted by molar-refractivity contribution is 5.81. The number of amidine groups is 1. The molecule has 0 aliphatic carbocycles. The van der Waals surface area contributed by atoms with Crippen molar-refractivity contribution in [2.75, 3.05) is 39.3 Å². The third-order valence-electron chi connectivity index (χ3n) is 4.10. The summed E-state index contributed by atoms with van der Waals surface area (Å²) in [4.78, 5) is 5.14. The van der Waals surface area contributed by atoms with Crippen molar-refractivity contribution in [3.63, 3.8) is 0 Å². The monoisotopic (exact) mass is 254 g/mol. The number of rotatable bonds is 5. The maximum Gasteiger partial charge on any atom is 0.120 e. The first kappa shape index (κ1) is 13.8. The molecular formula is C13H26N4O. The summed E-state index contributed by atoms with van der Waals surface area (Å²) in [6.45, 7) is 8.36. The molecule has 0 aromatic rings. The van der Waals surface area contributed by atoms with E-state index in [1.165, 1.54) is 45.4 Å². The summed E-state index contributed by atoms with van der Waals surface area (Å²) in [6.07, 6.45) is 3.72. The van der Waals surface area contributed by atoms with Crippen LogP contribution in [0.25, 0.3) is 0 Å². The fourth-order valence-electron chi connectivity index (χ4n) is 2.93. The van der Waals surface area contributed by atoms with Crippen molar-refractivity contribution in [1.82, 2.24) is 9.80 Å². The summed E-state index contributed by atoms with van der Waals surface area (Å²) in [5.74, 6) is 0.118. The molecule has 3 N–H and O–H groups in total. The zero-order valence-electron chi connectivity index (χ0n) is 11.4. The van der Waals surface area contributed by atoms with E-state index in [0.29, 0.717) is 6.61 Å². The number of nitrogens with one attached hydrogen (secondary N) is 1. The lowest BCUT2D eigenvalue weighted by Crippen LogP contribution is -2.38. The van der Waals surface area contributed by atoms with Crippen LogP contribution in [0.4, 0.5) is 0 Å². The Balaban J connectivity index is 1.70. The first-order valence-electron chi connectivity index (χ1n) is 7.08. The minimum atomic E-state index is -0.250. The molecule has 0 aromatic heterocycles. The Morgan fingerprint density at radius 2 is 2.17 bits per heavy atom. The molecule has 5 heteroatoms. The lowest BCUT2D eigenvalue weighted by Gasteiger charge is -2.25. The first-order chi connectivity index (χ1) is 8.66. The Labute approximate surface area is 110 Å². The molecule has 2 fully saturated rings. The van der Waals surface area contributed by atoms with Crippen LogP contribution in [-0.2, 0) is 4.74 Å². The van der Waals surface area contributed by atoms with E-state index in [0.717, 1.165) is 12.6 Å². The highest BCUT2D eigenvalue weighted by Crippen LogP contribution is 2.20. The summed E-state index contributed by atoms with van der Waals surface area (Å²) >= 11 is 0. The molecular weight excluding hydrogens is 228 g/mol. The number of nitrogens with zero attached hydrogens (tertiary/aromatic N) is 2. The van der Waals surface area contributed by atoms with Crippen molar-refractivity contribution in [2.45, 2.75) is 38.3 Å². The SMILES string of the molecule is CC(OCCN1CCCN2CCCC2C1)C(=N)N. The van der Waals surface area contributed by atoms with Gasteiger partial charge in [0.05, 0.1) is 6.61 Å². The van der Waals surface area contributed by atoms with Gasteiger partial charge in [0, 0.05) is 19.1 Å². The van der Waals surface area contributed by atoms with E-state index in [2.05, 4.69) is 9.80 Å². The number of fused-ring (bicyclic) bond motifs is 1. The van der Waals surface area contributed by atoms with Crippen molar-refractivity contribution in [3.8, 4) is 0 Å². The van der Waals surface area contributed by atoms with Crippen molar-refractivity contribution in [3.05, 3.63) is 0 Å². The Kier molecular flexibility index (Phi) is 4.97. The minimum absolute atomic E-state index is 0.118. The van der Waals surface area contributed by atoms with Gasteiger partial charge in [-0.1, -0.05) is 0 Å². The second-order valence-corrected chi connectivity index (χ2v) is 5.45. The molecule has 0 bridgehead atoms. The van der Waals surface area contributed by atoms with Gasteiger partial charge < -0.3 is 10.5 Å². The van der Waals surface area contributed by atoms with Crippen LogP contribution in [0.1, 0.15) is 26.2 Å². The van der Waals surface area contributed by atoms with Crippen LogP contribution in [0.3, 0.4) is 0 Å². The number of ether oxygens (including phenoxy) is 1. The van der Waals surface area contributed by atoms with Gasteiger partial charge in [0.25, 0.3) is 0 Å². The van der Waals surface area contributed by atoms with E-state index in [1.54, 1.807) is 0 Å². The highest BCUT2D eigenvalue weighted by atomic mass is 16.5. The molecule has 0 spiro atoms. The van der Waals surface area contributed by atoms with Gasteiger partial charge in [-0.05, 0) is 45.8 Å². The summed E-state index contributed by atoms with van der Waals surface area (Å²) in [5, 5.41) is 7.29. The van der Waals surface area contributed by atoms with Gasteiger partial charge in [0.15, 0.2) is 0 Å². The molecule has 0 saturated carbocycles. The fourth-order valence-corrected chi connectivity index (χ4v) is 2.93. The molecule has 2 heterocycles. The van der Waals surface area contributed by atoms with E-state index in [4.69, 9.17) is 15.9 Å². The van der Waals surface area contributed by atoms with Crippen LogP contribution >= 0.6 is 0 Å². The highest BCUT2D eigenvalue weighted by Gasteiger charge is 2.28. The Morgan fingerprint density at radius 3 is 2.94 bits per heavy atom. The van der Waals surface area contributed by atoms with E-state index in [-0.39, 0.29) is 11.9 Å². The van der Waals surface area contributed by atoms with Crippen LogP contribution in [0.15, 0.2) is 0 Å². The molecule has 18 heavy (non-hydrogen) atoms. The number of hydrogen-bond acceptors (Lipinski definition) is 4. The standard InChI is InChI=1S/C13H26N4O/c1-11(13(14)15)18-9-8-16-5-3-7-17-6-2-4-12(17)10-16/h11-12H,2-10H2,1H3,(H3,14,15). The quantitative estimate of drug-likeness (QED) is 0.554. The van der Waals surface area contributed by atoms with Crippen LogP contribution < -0.4 is 5.73 Å². The average molecular weight is 254 g/mol. The van der Waals surface area contributed by atoms with Crippen LogP contribution in [0.5, 0.6) is 0 Å². The predicted octanol–water partition coefficient (Wildman–Crippen LogP) is 0.498. The lowest BCUT2D eigenvalue weighted by molar-refractivity contribution is 0.0809. The zero-order valence-corrected chi connectivity index (χ0v) is 11.4. The molecule has 2 aliphatic rings. The van der Waals surface area contributed by atoms with E-state index in [9.17, 15) is 0 Å². The first-order valence-corrected chi connectivity index (χ1v) is 7.08. The third kappa shape index (κ3) is 3.67. The second-order valence-electron chi connectivity index (χ2n) is 5.45. The fraction of sp³-hybridized carbons (Fsp3) is 0.923. The second kappa shape index (κ2) is 6.50. The normalized spacial score (nSPS) is 27.7. The van der Waals surface area contributed by atoms with Crippen molar-refractivity contribution < 1.29 is 4.74 Å². The van der Waals surface area contributed by atoms with Gasteiger partial charge >= 0.3 is 0 Å². The Bertz CT molecular complexity index is 284. The summed E-state index contributed by atoms with van der Waals surface area (Å²) in [5.41, 5.74) is 5.39. The van der Waals surface area contributed by atoms with Gasteiger partial charge in [-0.2, -0.15) is 0 Å². The molecule has 0 amide bonds. The molecule has 104 valence electrons. The number of nitrogens with two attached hydrogens (primary N) is 1. The van der Waals surface area contributed by atoms with E-state index in [1.807, 2.05) is 6.92 Å². The van der Waals surface area contributed by atoms with Gasteiger partial charge in [-0.25, -0.2) is 0 Å². The van der Waals surface area contributed by atoms with Crippen molar-refractivity contribution >= 4 is 5.84 Å². The minimum Gasteiger partial charge on any atom is -0.385 e. The van der Waals surface area contributed by atoms with Gasteiger partial charge in [0.2, 0.25) is 0 Å². The van der Waals surface area contributed by atoms with E-state index < -0.39 is 0 Å². The average Bonchev–Trinajstić information content (AvgIpc) is 2.68. The maximum atomic E-state index is 7.29. The molecule has 0 radical (unpaired) electrons. The van der Waals surface area contributed by atoms with Crippen LogP contribution in [0, 0.1) is 5.41 Å². The maximum absolute atomic E-state index is 7.29. The summed E-state index contributed by atoms with van der Waals surface area (Å²) in [6, 6.07) is 0.762. The summed E-state index contributed by atoms with van der Waals surface area (Å²) in [7, 11) is 0. The number of hydrogen-bond donors (Lipinski definition) is 2. The van der Waals surface area contributed by atoms with Crippen LogP contribution in [-0.4, -0.2) is 67.1 Å². The third-order valence-corrected chi connectivity index (χ3v) is 4.10. The van der Waals surface area contributed by atoms with E-state index >= 15 is 0 Å². The Morgan fingerprint density at radius 1 is 1.39 bits per heavy atom. The smallest absolute Gasteiger partial charge is 0.120 e. The van der Waals surface area contributed by atoms with Gasteiger partial charge in [0.1, 0.15) is 11.9 Å². The molecule has 0 aromatic carbocycles. The van der Waals surface area contributed by atoms with Gasteiger partial charge in [-0.3, -0.25) is 15.2 Å². The molecule has 2 saturated heterocycles.